The van der Waals surface area contributed by atoms with Crippen molar-refractivity contribution in [1.29, 1.82) is 0 Å². The van der Waals surface area contributed by atoms with Crippen molar-refractivity contribution in [2.24, 2.45) is 11.8 Å². The molecule has 2 aromatic carbocycles. The number of rotatable bonds is 6. The molecule has 2 aromatic rings. The van der Waals surface area contributed by atoms with E-state index in [1.54, 1.807) is 4.90 Å². The minimum atomic E-state index is -4.69. The van der Waals surface area contributed by atoms with Gasteiger partial charge >= 0.3 is 12.3 Å². The third-order valence-electron chi connectivity index (χ3n) is 10.8. The number of nitrogens with one attached hydrogen (secondary N) is 3. The Bertz CT molecular complexity index is 1520. The highest BCUT2D eigenvalue weighted by atomic mass is 35.5. The summed E-state index contributed by atoms with van der Waals surface area (Å²) in [5, 5.41) is 8.70. The van der Waals surface area contributed by atoms with Gasteiger partial charge in [-0.25, -0.2) is 4.79 Å². The summed E-state index contributed by atoms with van der Waals surface area (Å²) in [4.78, 5) is 43.5. The Balaban J connectivity index is 1.19. The number of likely N-dealkylation sites (tertiary alicyclic amines) is 2. The predicted molar refractivity (Wildman–Crippen MR) is 177 cm³/mol. The molecule has 0 aliphatic carbocycles. The van der Waals surface area contributed by atoms with Crippen LogP contribution in [-0.2, 0) is 32.3 Å². The molecule has 4 aliphatic rings. The molecule has 0 aromatic heterocycles. The number of carbonyl (C=O) groups is 3. The topological polar surface area (TPSA) is 103 Å². The van der Waals surface area contributed by atoms with Gasteiger partial charge in [-0.15, -0.1) is 0 Å². The Labute approximate surface area is 283 Å². The normalized spacial score (nSPS) is 21.0. The van der Waals surface area contributed by atoms with Crippen molar-refractivity contribution in [1.82, 2.24) is 15.1 Å². The molecule has 13 heteroatoms. The quantitative estimate of drug-likeness (QED) is 0.341. The molecule has 4 aliphatic heterocycles. The molecule has 260 valence electrons. The van der Waals surface area contributed by atoms with Crippen LogP contribution in [0.4, 0.5) is 29.3 Å². The molecule has 4 heterocycles. The van der Waals surface area contributed by atoms with E-state index in [2.05, 4.69) is 16.0 Å². The maximum atomic E-state index is 14.0. The SMILES string of the molecule is CNc1c(Cl)cc(C[C@@H](OC(=O)N2CCC3(CC2)CC(=O)Nc2ccccc23)C(=O)N2CCC(C3CCNCC3)CC2)cc1C(F)(F)F. The van der Waals surface area contributed by atoms with Gasteiger partial charge < -0.3 is 30.5 Å². The second kappa shape index (κ2) is 14.2. The van der Waals surface area contributed by atoms with Crippen LogP contribution in [0.15, 0.2) is 36.4 Å². The largest absolute Gasteiger partial charge is 0.436 e. The molecule has 3 amide bonds. The number of benzene rings is 2. The number of ether oxygens (including phenoxy) is 1. The Hall–Kier alpha value is -3.51. The van der Waals surface area contributed by atoms with E-state index < -0.39 is 35.3 Å². The van der Waals surface area contributed by atoms with Gasteiger partial charge in [0.2, 0.25) is 5.91 Å². The number of amides is 3. The highest BCUT2D eigenvalue weighted by molar-refractivity contribution is 6.33. The maximum absolute atomic E-state index is 14.0. The minimum absolute atomic E-state index is 0.0690. The lowest BCUT2D eigenvalue weighted by Gasteiger charge is -2.44. The lowest BCUT2D eigenvalue weighted by Crippen LogP contribution is -2.51. The molecular weight excluding hydrogens is 647 g/mol. The van der Waals surface area contributed by atoms with Gasteiger partial charge in [0.15, 0.2) is 6.10 Å². The van der Waals surface area contributed by atoms with Crippen LogP contribution >= 0.6 is 11.6 Å². The first-order valence-electron chi connectivity index (χ1n) is 16.9. The Morgan fingerprint density at radius 1 is 1.02 bits per heavy atom. The molecule has 0 unspecified atom stereocenters. The van der Waals surface area contributed by atoms with Crippen molar-refractivity contribution in [3.05, 3.63) is 58.1 Å². The average Bonchev–Trinajstić information content (AvgIpc) is 3.07. The van der Waals surface area contributed by atoms with Crippen molar-refractivity contribution < 1.29 is 32.3 Å². The highest BCUT2D eigenvalue weighted by Crippen LogP contribution is 2.45. The second-order valence-electron chi connectivity index (χ2n) is 13.6. The van der Waals surface area contributed by atoms with E-state index in [1.807, 2.05) is 24.3 Å². The third kappa shape index (κ3) is 7.24. The summed E-state index contributed by atoms with van der Waals surface area (Å²) in [6.45, 7) is 3.61. The van der Waals surface area contributed by atoms with Crippen molar-refractivity contribution >= 4 is 40.9 Å². The van der Waals surface area contributed by atoms with Gasteiger partial charge in [-0.1, -0.05) is 29.8 Å². The molecule has 1 spiro atoms. The monoisotopic (exact) mass is 689 g/mol. The molecule has 9 nitrogen and oxygen atoms in total. The molecule has 0 bridgehead atoms. The Morgan fingerprint density at radius 2 is 1.69 bits per heavy atom. The molecule has 3 N–H and O–H groups in total. The Morgan fingerprint density at radius 3 is 2.35 bits per heavy atom. The first-order valence-corrected chi connectivity index (χ1v) is 17.3. The Kier molecular flexibility index (Phi) is 10.1. The fourth-order valence-electron chi connectivity index (χ4n) is 8.17. The maximum Gasteiger partial charge on any atom is 0.418 e. The van der Waals surface area contributed by atoms with Crippen molar-refractivity contribution in [2.45, 2.75) is 69.1 Å². The number of anilines is 2. The number of para-hydroxylation sites is 1. The van der Waals surface area contributed by atoms with E-state index in [4.69, 9.17) is 16.3 Å². The molecule has 1 atom stereocenters. The van der Waals surface area contributed by atoms with Gasteiger partial charge in [-0.05, 0) is 92.8 Å². The molecular formula is C35H43ClF3N5O4. The predicted octanol–water partition coefficient (Wildman–Crippen LogP) is 6.06. The zero-order valence-electron chi connectivity index (χ0n) is 27.1. The van der Waals surface area contributed by atoms with Gasteiger partial charge in [0.1, 0.15) is 0 Å². The van der Waals surface area contributed by atoms with Gasteiger partial charge in [0, 0.05) is 57.2 Å². The summed E-state index contributed by atoms with van der Waals surface area (Å²) in [6.07, 6.45) is -1.71. The smallest absolute Gasteiger partial charge is 0.418 e. The number of fused-ring (bicyclic) bond motifs is 2. The van der Waals surface area contributed by atoms with Crippen LogP contribution in [0.5, 0.6) is 0 Å². The summed E-state index contributed by atoms with van der Waals surface area (Å²) in [7, 11) is 1.36. The zero-order valence-corrected chi connectivity index (χ0v) is 27.9. The first-order chi connectivity index (χ1) is 23.0. The van der Waals surface area contributed by atoms with E-state index in [0.29, 0.717) is 57.3 Å². The molecule has 48 heavy (non-hydrogen) atoms. The fourth-order valence-corrected chi connectivity index (χ4v) is 8.51. The first kappa shape index (κ1) is 34.4. The summed E-state index contributed by atoms with van der Waals surface area (Å²) in [5.41, 5.74) is 0.341. The number of carbonyl (C=O) groups excluding carboxylic acids is 3. The van der Waals surface area contributed by atoms with Gasteiger partial charge in [-0.2, -0.15) is 13.2 Å². The number of halogens is 4. The average molecular weight is 690 g/mol. The fraction of sp³-hybridized carbons (Fsp3) is 0.571. The lowest BCUT2D eigenvalue weighted by atomic mass is 9.68. The summed E-state index contributed by atoms with van der Waals surface area (Å²) < 4.78 is 47.9. The lowest BCUT2D eigenvalue weighted by molar-refractivity contribution is -0.142. The molecule has 6 rings (SSSR count). The van der Waals surface area contributed by atoms with Gasteiger partial charge in [0.25, 0.3) is 5.91 Å². The van der Waals surface area contributed by atoms with Gasteiger partial charge in [0.05, 0.1) is 16.3 Å². The molecule has 0 saturated carbocycles. The molecule has 3 fully saturated rings. The van der Waals surface area contributed by atoms with Crippen LogP contribution in [0, 0.1) is 11.8 Å². The number of nitrogens with zero attached hydrogens (tertiary/aromatic N) is 2. The van der Waals surface area contributed by atoms with E-state index in [0.717, 1.165) is 56.1 Å². The van der Waals surface area contributed by atoms with Crippen LogP contribution in [-0.4, -0.2) is 80.1 Å². The number of hydrogen-bond acceptors (Lipinski definition) is 6. The van der Waals surface area contributed by atoms with Crippen molar-refractivity contribution in [3.63, 3.8) is 0 Å². The zero-order chi connectivity index (χ0) is 34.1. The van der Waals surface area contributed by atoms with Crippen LogP contribution in [0.2, 0.25) is 5.02 Å². The summed E-state index contributed by atoms with van der Waals surface area (Å²) >= 11 is 6.28. The van der Waals surface area contributed by atoms with Crippen LogP contribution < -0.4 is 16.0 Å². The van der Waals surface area contributed by atoms with Crippen LogP contribution in [0.1, 0.15) is 61.6 Å². The van der Waals surface area contributed by atoms with Gasteiger partial charge in [-0.3, -0.25) is 9.59 Å². The van der Waals surface area contributed by atoms with E-state index >= 15 is 0 Å². The van der Waals surface area contributed by atoms with E-state index in [1.165, 1.54) is 18.0 Å². The van der Waals surface area contributed by atoms with Crippen LogP contribution in [0.3, 0.4) is 0 Å². The van der Waals surface area contributed by atoms with Crippen molar-refractivity contribution in [2.75, 3.05) is 56.9 Å². The number of hydrogen-bond donors (Lipinski definition) is 3. The van der Waals surface area contributed by atoms with Crippen LogP contribution in [0.25, 0.3) is 0 Å². The molecule has 0 radical (unpaired) electrons. The number of piperidine rings is 3. The minimum Gasteiger partial charge on any atom is -0.436 e. The third-order valence-corrected chi connectivity index (χ3v) is 11.1. The van der Waals surface area contributed by atoms with Crippen molar-refractivity contribution in [3.8, 4) is 0 Å². The standard InChI is InChI=1S/C35H43ClF3N5O4/c1-40-31-26(35(37,38)39)18-22(19-27(31)36)20-29(32(46)43-14-8-24(9-15-43)23-6-12-41-13-7-23)48-33(47)44-16-10-34(11-17-44)21-30(45)42-28-5-3-2-4-25(28)34/h2-5,18-19,23-24,29,40-41H,6-17,20-21H2,1H3,(H,42,45)/t29-/m1/s1. The van der Waals surface area contributed by atoms with E-state index in [-0.39, 0.29) is 28.6 Å². The second-order valence-corrected chi connectivity index (χ2v) is 14.0. The van der Waals surface area contributed by atoms with E-state index in [9.17, 15) is 27.6 Å². The summed E-state index contributed by atoms with van der Waals surface area (Å²) in [6, 6.07) is 10.0. The summed E-state index contributed by atoms with van der Waals surface area (Å²) in [5.74, 6) is 0.628. The highest BCUT2D eigenvalue weighted by Gasteiger charge is 2.44. The molecule has 3 saturated heterocycles. The number of alkyl halides is 3.